The summed E-state index contributed by atoms with van der Waals surface area (Å²) >= 11 is 0. The Morgan fingerprint density at radius 3 is 2.21 bits per heavy atom. The summed E-state index contributed by atoms with van der Waals surface area (Å²) in [4.78, 5) is 55.5. The van der Waals surface area contributed by atoms with Crippen LogP contribution in [0.4, 0.5) is 5.69 Å². The minimum absolute atomic E-state index is 0.115. The molecule has 1 atom stereocenters. The molecule has 1 unspecified atom stereocenters. The predicted molar refractivity (Wildman–Crippen MR) is 124 cm³/mol. The van der Waals surface area contributed by atoms with Gasteiger partial charge in [0.1, 0.15) is 6.04 Å². The molecule has 4 heterocycles. The van der Waals surface area contributed by atoms with Gasteiger partial charge in [0.15, 0.2) is 0 Å². The number of fused-ring (bicyclic) bond motifs is 1. The van der Waals surface area contributed by atoms with E-state index in [1.807, 2.05) is 6.07 Å². The molecule has 4 aliphatic heterocycles. The molecule has 1 aromatic carbocycles. The third-order valence-corrected chi connectivity index (χ3v) is 7.88. The average molecular weight is 469 g/mol. The summed E-state index contributed by atoms with van der Waals surface area (Å²) in [6.07, 6.45) is 4.58. The van der Waals surface area contributed by atoms with Crippen molar-refractivity contribution in [2.24, 2.45) is 11.8 Å². The molecule has 9 nitrogen and oxygen atoms in total. The molecule has 0 saturated carbocycles. The molecule has 0 aliphatic carbocycles. The van der Waals surface area contributed by atoms with E-state index in [-0.39, 0.29) is 18.7 Å². The Kier molecular flexibility index (Phi) is 6.40. The summed E-state index contributed by atoms with van der Waals surface area (Å²) in [6, 6.07) is 4.42. The fourth-order valence-electron chi connectivity index (χ4n) is 5.75. The number of imide groups is 2. The van der Waals surface area contributed by atoms with Crippen molar-refractivity contribution in [1.29, 1.82) is 0 Å². The number of nitrogens with one attached hydrogen (secondary N) is 1. The zero-order valence-electron chi connectivity index (χ0n) is 19.4. The Morgan fingerprint density at radius 1 is 0.853 bits per heavy atom. The molecule has 0 bridgehead atoms. The number of hydrogen-bond donors (Lipinski definition) is 2. The van der Waals surface area contributed by atoms with Crippen molar-refractivity contribution in [3.63, 3.8) is 0 Å². The molecule has 0 aromatic heterocycles. The molecule has 3 fully saturated rings. The van der Waals surface area contributed by atoms with Gasteiger partial charge < -0.3 is 14.9 Å². The van der Waals surface area contributed by atoms with Gasteiger partial charge in [-0.15, -0.1) is 0 Å². The number of aliphatic hydroxyl groups is 1. The van der Waals surface area contributed by atoms with Gasteiger partial charge in [-0.3, -0.25) is 29.4 Å². The molecular weight excluding hydrogens is 436 g/mol. The van der Waals surface area contributed by atoms with Crippen molar-refractivity contribution in [1.82, 2.24) is 15.1 Å². The lowest BCUT2D eigenvalue weighted by Crippen LogP contribution is -2.54. The third-order valence-electron chi connectivity index (χ3n) is 7.88. The van der Waals surface area contributed by atoms with E-state index >= 15 is 0 Å². The lowest BCUT2D eigenvalue weighted by atomic mass is 9.93. The standard InChI is InChI=1S/C25H32N4O5/c30-15-17-5-9-27(10-6-17)14-16-7-11-28(12-8-16)18-1-2-19-20(13-18)25(34)29(24(19)33)21-3-4-22(31)26-23(21)32/h1-2,13,16-17,21,30H,3-12,14-15H2,(H,26,31,32). The second-order valence-corrected chi connectivity index (χ2v) is 10.0. The average Bonchev–Trinajstić information content (AvgIpc) is 3.09. The van der Waals surface area contributed by atoms with E-state index in [2.05, 4.69) is 15.1 Å². The summed E-state index contributed by atoms with van der Waals surface area (Å²) in [7, 11) is 0. The zero-order chi connectivity index (χ0) is 23.8. The quantitative estimate of drug-likeness (QED) is 0.621. The fourth-order valence-corrected chi connectivity index (χ4v) is 5.75. The van der Waals surface area contributed by atoms with Crippen LogP contribution in [0.25, 0.3) is 0 Å². The number of benzene rings is 1. The molecule has 4 aliphatic rings. The smallest absolute Gasteiger partial charge is 0.262 e. The van der Waals surface area contributed by atoms with Gasteiger partial charge >= 0.3 is 0 Å². The van der Waals surface area contributed by atoms with Gasteiger partial charge in [-0.25, -0.2) is 0 Å². The number of likely N-dealkylation sites (tertiary alicyclic amines) is 1. The van der Waals surface area contributed by atoms with E-state index in [1.54, 1.807) is 12.1 Å². The summed E-state index contributed by atoms with van der Waals surface area (Å²) < 4.78 is 0. The highest BCUT2D eigenvalue weighted by atomic mass is 16.3. The minimum atomic E-state index is -0.938. The maximum absolute atomic E-state index is 13.1. The predicted octanol–water partition coefficient (Wildman–Crippen LogP) is 1.01. The van der Waals surface area contributed by atoms with Crippen LogP contribution in [0.15, 0.2) is 18.2 Å². The Hall–Kier alpha value is -2.78. The van der Waals surface area contributed by atoms with Crippen LogP contribution >= 0.6 is 0 Å². The van der Waals surface area contributed by atoms with Crippen LogP contribution in [0.3, 0.4) is 0 Å². The van der Waals surface area contributed by atoms with Gasteiger partial charge in [0.2, 0.25) is 11.8 Å². The van der Waals surface area contributed by atoms with E-state index in [1.165, 1.54) is 0 Å². The second kappa shape index (κ2) is 9.46. The number of carbonyl (C=O) groups is 4. The monoisotopic (exact) mass is 468 g/mol. The number of hydrogen-bond acceptors (Lipinski definition) is 7. The van der Waals surface area contributed by atoms with Gasteiger partial charge in [-0.05, 0) is 75.2 Å². The SMILES string of the molecule is O=C1CCC(N2C(=O)c3ccc(N4CCC(CN5CCC(CO)CC5)CC4)cc3C2=O)C(=O)N1. The number of anilines is 1. The van der Waals surface area contributed by atoms with E-state index in [0.29, 0.717) is 29.6 Å². The summed E-state index contributed by atoms with van der Waals surface area (Å²) in [5.41, 5.74) is 1.58. The molecule has 182 valence electrons. The van der Waals surface area contributed by atoms with Gasteiger partial charge in [0, 0.05) is 38.3 Å². The lowest BCUT2D eigenvalue weighted by molar-refractivity contribution is -0.136. The van der Waals surface area contributed by atoms with Gasteiger partial charge in [-0.2, -0.15) is 0 Å². The van der Waals surface area contributed by atoms with Crippen LogP contribution in [0.2, 0.25) is 0 Å². The van der Waals surface area contributed by atoms with E-state index in [4.69, 9.17) is 0 Å². The summed E-state index contributed by atoms with van der Waals surface area (Å²) in [5.74, 6) is -0.796. The third kappa shape index (κ3) is 4.34. The molecule has 1 aromatic rings. The number of aliphatic hydroxyl groups excluding tert-OH is 1. The van der Waals surface area contributed by atoms with E-state index in [9.17, 15) is 24.3 Å². The largest absolute Gasteiger partial charge is 0.396 e. The Balaban J connectivity index is 1.20. The number of amides is 4. The van der Waals surface area contributed by atoms with Crippen molar-refractivity contribution in [3.8, 4) is 0 Å². The number of nitrogens with zero attached hydrogens (tertiary/aromatic N) is 3. The van der Waals surface area contributed by atoms with Crippen LogP contribution in [0.1, 0.15) is 59.2 Å². The van der Waals surface area contributed by atoms with Crippen LogP contribution in [0.5, 0.6) is 0 Å². The number of piperidine rings is 3. The first-order valence-electron chi connectivity index (χ1n) is 12.4. The van der Waals surface area contributed by atoms with Crippen LogP contribution < -0.4 is 10.2 Å². The molecule has 0 spiro atoms. The van der Waals surface area contributed by atoms with Crippen molar-refractivity contribution in [3.05, 3.63) is 29.3 Å². The summed E-state index contributed by atoms with van der Waals surface area (Å²) in [6.45, 7) is 5.33. The fraction of sp³-hybridized carbons (Fsp3) is 0.600. The molecule has 4 amide bonds. The summed E-state index contributed by atoms with van der Waals surface area (Å²) in [5, 5.41) is 11.6. The van der Waals surface area contributed by atoms with E-state index in [0.717, 1.165) is 69.0 Å². The molecule has 5 rings (SSSR count). The molecule has 9 heteroatoms. The highest BCUT2D eigenvalue weighted by molar-refractivity contribution is 6.23. The van der Waals surface area contributed by atoms with Crippen LogP contribution in [-0.4, -0.2) is 83.9 Å². The molecule has 3 saturated heterocycles. The van der Waals surface area contributed by atoms with Crippen molar-refractivity contribution < 1.29 is 24.3 Å². The Bertz CT molecular complexity index is 995. The molecule has 0 radical (unpaired) electrons. The van der Waals surface area contributed by atoms with E-state index < -0.39 is 23.8 Å². The topological polar surface area (TPSA) is 110 Å². The molecular formula is C25H32N4O5. The zero-order valence-corrected chi connectivity index (χ0v) is 19.4. The maximum atomic E-state index is 13.1. The number of carbonyl (C=O) groups excluding carboxylic acids is 4. The van der Waals surface area contributed by atoms with Crippen LogP contribution in [0, 0.1) is 11.8 Å². The van der Waals surface area contributed by atoms with Crippen molar-refractivity contribution in [2.45, 2.75) is 44.6 Å². The highest BCUT2D eigenvalue weighted by Crippen LogP contribution is 2.32. The van der Waals surface area contributed by atoms with Crippen LogP contribution in [-0.2, 0) is 9.59 Å². The maximum Gasteiger partial charge on any atom is 0.262 e. The second-order valence-electron chi connectivity index (χ2n) is 10.0. The van der Waals surface area contributed by atoms with Gasteiger partial charge in [0.05, 0.1) is 11.1 Å². The Labute approximate surface area is 199 Å². The van der Waals surface area contributed by atoms with Gasteiger partial charge in [0.25, 0.3) is 11.8 Å². The molecule has 2 N–H and O–H groups in total. The first kappa shape index (κ1) is 23.0. The highest BCUT2D eigenvalue weighted by Gasteiger charge is 2.44. The Morgan fingerprint density at radius 2 is 1.53 bits per heavy atom. The minimum Gasteiger partial charge on any atom is -0.396 e. The van der Waals surface area contributed by atoms with Crippen molar-refractivity contribution in [2.75, 3.05) is 44.2 Å². The first-order valence-corrected chi connectivity index (χ1v) is 12.4. The lowest BCUT2D eigenvalue weighted by Gasteiger charge is -2.38. The normalized spacial score (nSPS) is 25.1. The van der Waals surface area contributed by atoms with Crippen molar-refractivity contribution >= 4 is 29.3 Å². The first-order chi connectivity index (χ1) is 16.4. The molecule has 34 heavy (non-hydrogen) atoms. The number of rotatable bonds is 5. The van der Waals surface area contributed by atoms with Gasteiger partial charge in [-0.1, -0.05) is 0 Å².